The van der Waals surface area contributed by atoms with E-state index in [1.807, 2.05) is 62.8 Å². The van der Waals surface area contributed by atoms with Crippen molar-refractivity contribution in [1.82, 2.24) is 29.8 Å². The molecule has 0 radical (unpaired) electrons. The summed E-state index contributed by atoms with van der Waals surface area (Å²) in [6.45, 7) is 4.97. The van der Waals surface area contributed by atoms with Gasteiger partial charge in [0.05, 0.1) is 36.1 Å². The number of carbonyl (C=O) groups excluding carboxylic acids is 1. The molecule has 2 saturated heterocycles. The first kappa shape index (κ1) is 27.7. The molecule has 0 bridgehead atoms. The molecule has 42 heavy (non-hydrogen) atoms. The predicted octanol–water partition coefficient (Wildman–Crippen LogP) is 3.85. The molecule has 0 aromatic carbocycles. The van der Waals surface area contributed by atoms with E-state index in [1.54, 1.807) is 16.9 Å². The molecular weight excluding hydrogens is 528 g/mol. The van der Waals surface area contributed by atoms with Crippen LogP contribution in [0.2, 0.25) is 0 Å². The lowest BCUT2D eigenvalue weighted by atomic mass is 9.82. The number of nitriles is 1. The maximum atomic E-state index is 13.4. The topological polar surface area (TPSA) is 112 Å². The lowest BCUT2D eigenvalue weighted by molar-refractivity contribution is -0.127. The Morgan fingerprint density at radius 3 is 2.69 bits per heavy atom. The van der Waals surface area contributed by atoms with Crippen molar-refractivity contribution in [3.8, 4) is 22.9 Å². The molecule has 216 valence electrons. The van der Waals surface area contributed by atoms with Gasteiger partial charge in [-0.3, -0.25) is 14.7 Å². The van der Waals surface area contributed by atoms with Crippen LogP contribution in [0.25, 0.3) is 16.6 Å². The Morgan fingerprint density at radius 2 is 2.02 bits per heavy atom. The minimum atomic E-state index is -0.355. The summed E-state index contributed by atoms with van der Waals surface area (Å²) < 4.78 is 7.45. The molecule has 1 N–H and O–H groups in total. The summed E-state index contributed by atoms with van der Waals surface area (Å²) >= 11 is 0. The van der Waals surface area contributed by atoms with E-state index in [2.05, 4.69) is 31.3 Å². The van der Waals surface area contributed by atoms with E-state index in [9.17, 15) is 10.1 Å². The van der Waals surface area contributed by atoms with Crippen LogP contribution in [0.15, 0.2) is 61.2 Å². The van der Waals surface area contributed by atoms with Crippen molar-refractivity contribution in [2.24, 2.45) is 0 Å². The summed E-state index contributed by atoms with van der Waals surface area (Å²) in [6, 6.07) is 14.1. The van der Waals surface area contributed by atoms with Crippen LogP contribution in [0.3, 0.4) is 0 Å². The third-order valence-electron chi connectivity index (χ3n) is 8.58. The Kier molecular flexibility index (Phi) is 7.76. The molecule has 10 nitrogen and oxygen atoms in total. The number of nitrogens with one attached hydrogen (secondary N) is 1. The van der Waals surface area contributed by atoms with Gasteiger partial charge in [-0.25, -0.2) is 9.50 Å². The number of hydrogen-bond donors (Lipinski definition) is 1. The molecule has 6 rings (SSSR count). The number of likely N-dealkylation sites (N-methyl/N-ethyl adjacent to an activating group) is 1. The Morgan fingerprint density at radius 1 is 1.17 bits per heavy atom. The number of pyridine rings is 3. The first-order chi connectivity index (χ1) is 20.5. The molecule has 4 aromatic rings. The van der Waals surface area contributed by atoms with Crippen LogP contribution in [-0.4, -0.2) is 75.3 Å². The molecule has 2 aliphatic rings. The number of amides is 1. The standard InChI is InChI=1S/C32H36N8O2/c1-3-42-26-17-27(30-24(19-33)21-36-40(30)22-26)23-9-10-29(35-20-23)39-15-11-32(12-16-39,18-25-7-4-5-13-34-25)37-31(41)28-8-6-14-38(28)2/h4-5,7,9-10,13,17,20-22,28H,3,6,8,11-12,14-16,18H2,1-2H3,(H,37,41). The first-order valence-corrected chi connectivity index (χ1v) is 14.7. The van der Waals surface area contributed by atoms with Gasteiger partial charge < -0.3 is 15.0 Å². The summed E-state index contributed by atoms with van der Waals surface area (Å²) in [5.74, 6) is 1.69. The van der Waals surface area contributed by atoms with E-state index < -0.39 is 0 Å². The second-order valence-electron chi connectivity index (χ2n) is 11.3. The zero-order chi connectivity index (χ0) is 29.1. The van der Waals surface area contributed by atoms with Crippen LogP contribution in [-0.2, 0) is 11.2 Å². The van der Waals surface area contributed by atoms with E-state index in [1.165, 1.54) is 0 Å². The van der Waals surface area contributed by atoms with Crippen LogP contribution >= 0.6 is 0 Å². The normalized spacial score (nSPS) is 18.6. The second-order valence-corrected chi connectivity index (χ2v) is 11.3. The van der Waals surface area contributed by atoms with Gasteiger partial charge in [-0.15, -0.1) is 0 Å². The fourth-order valence-corrected chi connectivity index (χ4v) is 6.32. The van der Waals surface area contributed by atoms with Crippen LogP contribution in [0.4, 0.5) is 5.82 Å². The van der Waals surface area contributed by atoms with Gasteiger partial charge in [0.15, 0.2) is 0 Å². The highest BCUT2D eigenvalue weighted by molar-refractivity contribution is 5.85. The van der Waals surface area contributed by atoms with Crippen LogP contribution in [0, 0.1) is 11.3 Å². The van der Waals surface area contributed by atoms with Gasteiger partial charge >= 0.3 is 0 Å². The van der Waals surface area contributed by atoms with Gasteiger partial charge in [0.25, 0.3) is 0 Å². The predicted molar refractivity (Wildman–Crippen MR) is 160 cm³/mol. The van der Waals surface area contributed by atoms with E-state index >= 15 is 0 Å². The van der Waals surface area contributed by atoms with Crippen molar-refractivity contribution >= 4 is 17.2 Å². The van der Waals surface area contributed by atoms with Gasteiger partial charge in [0, 0.05) is 54.3 Å². The summed E-state index contributed by atoms with van der Waals surface area (Å²) in [6.07, 6.45) is 11.3. The quantitative estimate of drug-likeness (QED) is 0.344. The minimum Gasteiger partial charge on any atom is -0.492 e. The Labute approximate surface area is 245 Å². The Balaban J connectivity index is 1.22. The Hall–Kier alpha value is -4.49. The van der Waals surface area contributed by atoms with Gasteiger partial charge in [-0.1, -0.05) is 6.07 Å². The summed E-state index contributed by atoms with van der Waals surface area (Å²) in [5, 5.41) is 17.5. The number of nitrogens with zero attached hydrogens (tertiary/aromatic N) is 7. The summed E-state index contributed by atoms with van der Waals surface area (Å²) in [5.41, 5.74) is 3.61. The van der Waals surface area contributed by atoms with Crippen molar-refractivity contribution < 1.29 is 9.53 Å². The SMILES string of the molecule is CCOc1cc(-c2ccc(N3CCC(Cc4ccccn4)(NC(=O)C4CCCN4C)CC3)nc2)c2c(C#N)cnn2c1. The molecule has 4 aromatic heterocycles. The smallest absolute Gasteiger partial charge is 0.237 e. The molecule has 10 heteroatoms. The molecule has 1 amide bonds. The van der Waals surface area contributed by atoms with E-state index in [4.69, 9.17) is 9.72 Å². The van der Waals surface area contributed by atoms with Gasteiger partial charge in [0.1, 0.15) is 17.6 Å². The van der Waals surface area contributed by atoms with Gasteiger partial charge in [-0.05, 0) is 76.5 Å². The van der Waals surface area contributed by atoms with Crippen molar-refractivity contribution in [2.45, 2.75) is 50.6 Å². The summed E-state index contributed by atoms with van der Waals surface area (Å²) in [4.78, 5) is 27.2. The number of carbonyl (C=O) groups is 1. The van der Waals surface area contributed by atoms with Crippen molar-refractivity contribution in [1.29, 1.82) is 5.26 Å². The number of fused-ring (bicyclic) bond motifs is 1. The number of hydrogen-bond acceptors (Lipinski definition) is 8. The fraction of sp³-hybridized carbons (Fsp3) is 0.406. The van der Waals surface area contributed by atoms with Crippen molar-refractivity contribution in [3.63, 3.8) is 0 Å². The highest BCUT2D eigenvalue weighted by Crippen LogP contribution is 2.33. The Bertz CT molecular complexity index is 1590. The number of anilines is 1. The fourth-order valence-electron chi connectivity index (χ4n) is 6.32. The molecule has 2 aliphatic heterocycles. The van der Waals surface area contributed by atoms with Crippen LogP contribution in [0.5, 0.6) is 5.75 Å². The molecule has 1 unspecified atom stereocenters. The maximum absolute atomic E-state index is 13.4. The maximum Gasteiger partial charge on any atom is 0.237 e. The highest BCUT2D eigenvalue weighted by Gasteiger charge is 2.39. The third kappa shape index (κ3) is 5.52. The molecule has 0 spiro atoms. The lowest BCUT2D eigenvalue weighted by Gasteiger charge is -2.43. The molecule has 0 saturated carbocycles. The lowest BCUT2D eigenvalue weighted by Crippen LogP contribution is -2.59. The van der Waals surface area contributed by atoms with Gasteiger partial charge in [0.2, 0.25) is 5.91 Å². The highest BCUT2D eigenvalue weighted by atomic mass is 16.5. The average Bonchev–Trinajstić information content (AvgIpc) is 3.64. The van der Waals surface area contributed by atoms with Crippen molar-refractivity contribution in [3.05, 3.63) is 72.4 Å². The zero-order valence-electron chi connectivity index (χ0n) is 24.2. The second kappa shape index (κ2) is 11.8. The summed E-state index contributed by atoms with van der Waals surface area (Å²) in [7, 11) is 2.03. The number of likely N-dealkylation sites (tertiary alicyclic amines) is 1. The molecule has 0 aliphatic carbocycles. The zero-order valence-corrected chi connectivity index (χ0v) is 24.2. The van der Waals surface area contributed by atoms with E-state index in [0.717, 1.165) is 73.5 Å². The van der Waals surface area contributed by atoms with E-state index in [0.29, 0.717) is 24.3 Å². The molecule has 6 heterocycles. The minimum absolute atomic E-state index is 0.0668. The number of ether oxygens (including phenoxy) is 1. The van der Waals surface area contributed by atoms with Crippen LogP contribution < -0.4 is 15.0 Å². The third-order valence-corrected chi connectivity index (χ3v) is 8.58. The average molecular weight is 565 g/mol. The number of aromatic nitrogens is 4. The van der Waals surface area contributed by atoms with Crippen LogP contribution in [0.1, 0.15) is 43.9 Å². The van der Waals surface area contributed by atoms with Crippen molar-refractivity contribution in [2.75, 3.05) is 38.2 Å². The number of piperidine rings is 1. The van der Waals surface area contributed by atoms with Gasteiger partial charge in [-0.2, -0.15) is 10.4 Å². The monoisotopic (exact) mass is 564 g/mol. The first-order valence-electron chi connectivity index (χ1n) is 14.7. The number of rotatable bonds is 8. The largest absolute Gasteiger partial charge is 0.492 e. The molecule has 1 atom stereocenters. The molecular formula is C32H36N8O2. The molecule has 2 fully saturated rings. The van der Waals surface area contributed by atoms with E-state index in [-0.39, 0.29) is 17.5 Å².